The second-order valence-electron chi connectivity index (χ2n) is 3.75. The minimum atomic E-state index is -3.74. The minimum absolute atomic E-state index is 0.00454. The zero-order chi connectivity index (χ0) is 14.6. The molecule has 2 heterocycles. The molecule has 0 aliphatic rings. The highest BCUT2D eigenvalue weighted by Gasteiger charge is 2.16. The van der Waals surface area contributed by atoms with Crippen molar-refractivity contribution < 1.29 is 13.5 Å². The molecule has 0 bridgehead atoms. The van der Waals surface area contributed by atoms with E-state index in [1.54, 1.807) is 6.20 Å². The van der Waals surface area contributed by atoms with E-state index in [0.29, 0.717) is 10.7 Å². The molecule has 0 aliphatic carbocycles. The maximum atomic E-state index is 12.2. The normalized spacial score (nSPS) is 10.7. The first-order valence-corrected chi connectivity index (χ1v) is 7.81. The van der Waals surface area contributed by atoms with Gasteiger partial charge in [-0.05, 0) is 13.0 Å². The summed E-state index contributed by atoms with van der Waals surface area (Å²) in [6.07, 6.45) is 4.24. The lowest BCUT2D eigenvalue weighted by molar-refractivity contribution is 0.350. The number of aromatic nitrogens is 2. The molecular formula is C12H11N3O3S2. The molecule has 2 aromatic heterocycles. The van der Waals surface area contributed by atoms with Crippen molar-refractivity contribution in [1.29, 1.82) is 0 Å². The van der Waals surface area contributed by atoms with Gasteiger partial charge in [-0.2, -0.15) is 0 Å². The summed E-state index contributed by atoms with van der Waals surface area (Å²) in [7, 11) is -3.74. The van der Waals surface area contributed by atoms with Gasteiger partial charge in [0, 0.05) is 29.0 Å². The highest BCUT2D eigenvalue weighted by atomic mass is 32.2. The molecule has 0 saturated heterocycles. The van der Waals surface area contributed by atoms with E-state index in [4.69, 9.17) is 5.11 Å². The topological polar surface area (TPSA) is 92.2 Å². The summed E-state index contributed by atoms with van der Waals surface area (Å²) in [6, 6.07) is 1.39. The van der Waals surface area contributed by atoms with Crippen LogP contribution in [0.25, 0.3) is 0 Å². The van der Waals surface area contributed by atoms with Crippen LogP contribution >= 0.6 is 11.3 Å². The van der Waals surface area contributed by atoms with Gasteiger partial charge < -0.3 is 5.11 Å². The SMILES string of the molecule is Cc1cnc(NS(=O)(=O)c2cncc(C#CCO)c2)s1. The molecule has 0 spiro atoms. The average molecular weight is 309 g/mol. The van der Waals surface area contributed by atoms with Crippen molar-refractivity contribution in [2.75, 3.05) is 11.3 Å². The van der Waals surface area contributed by atoms with Crippen LogP contribution in [0.5, 0.6) is 0 Å². The zero-order valence-corrected chi connectivity index (χ0v) is 12.1. The molecule has 2 N–H and O–H groups in total. The lowest BCUT2D eigenvalue weighted by Crippen LogP contribution is -2.13. The van der Waals surface area contributed by atoms with Crippen LogP contribution in [0, 0.1) is 18.8 Å². The number of aliphatic hydroxyl groups is 1. The summed E-state index contributed by atoms with van der Waals surface area (Å²) in [4.78, 5) is 8.68. The van der Waals surface area contributed by atoms with Gasteiger partial charge in [-0.1, -0.05) is 11.8 Å². The Morgan fingerprint density at radius 2 is 2.20 bits per heavy atom. The Kier molecular flexibility index (Phi) is 4.34. The van der Waals surface area contributed by atoms with Crippen molar-refractivity contribution in [2.24, 2.45) is 0 Å². The van der Waals surface area contributed by atoms with Gasteiger partial charge in [0.2, 0.25) is 0 Å². The Hall–Kier alpha value is -1.95. The summed E-state index contributed by atoms with van der Waals surface area (Å²) in [5, 5.41) is 8.92. The van der Waals surface area contributed by atoms with Gasteiger partial charge >= 0.3 is 0 Å². The average Bonchev–Trinajstić information content (AvgIpc) is 2.81. The number of nitrogens with zero attached hydrogens (tertiary/aromatic N) is 2. The van der Waals surface area contributed by atoms with Crippen molar-refractivity contribution in [1.82, 2.24) is 9.97 Å². The smallest absolute Gasteiger partial charge is 0.265 e. The highest BCUT2D eigenvalue weighted by molar-refractivity contribution is 7.93. The third-order valence-electron chi connectivity index (χ3n) is 2.18. The summed E-state index contributed by atoms with van der Waals surface area (Å²) < 4.78 is 26.7. The van der Waals surface area contributed by atoms with Crippen molar-refractivity contribution in [3.05, 3.63) is 35.1 Å². The van der Waals surface area contributed by atoms with E-state index < -0.39 is 10.0 Å². The molecule has 2 rings (SSSR count). The molecule has 20 heavy (non-hydrogen) atoms. The van der Waals surface area contributed by atoms with Gasteiger partial charge in [-0.15, -0.1) is 11.3 Å². The van der Waals surface area contributed by atoms with Crippen LogP contribution in [-0.4, -0.2) is 30.1 Å². The standard InChI is InChI=1S/C12H11N3O3S2/c1-9-6-14-12(19-9)15-20(17,18)11-5-10(3-2-4-16)7-13-8-11/h5-8,16H,4H2,1H3,(H,14,15). The van der Waals surface area contributed by atoms with Crippen LogP contribution in [-0.2, 0) is 10.0 Å². The van der Waals surface area contributed by atoms with Crippen LogP contribution < -0.4 is 4.72 Å². The van der Waals surface area contributed by atoms with E-state index in [9.17, 15) is 8.42 Å². The van der Waals surface area contributed by atoms with Gasteiger partial charge in [0.25, 0.3) is 10.0 Å². The number of thiazole rings is 1. The Morgan fingerprint density at radius 1 is 1.40 bits per heavy atom. The first-order chi connectivity index (χ1) is 9.51. The van der Waals surface area contributed by atoms with Crippen LogP contribution in [0.15, 0.2) is 29.6 Å². The molecule has 2 aromatic rings. The molecule has 0 aliphatic heterocycles. The van der Waals surface area contributed by atoms with Crippen molar-refractivity contribution in [2.45, 2.75) is 11.8 Å². The van der Waals surface area contributed by atoms with Gasteiger partial charge in [0.1, 0.15) is 11.5 Å². The summed E-state index contributed by atoms with van der Waals surface area (Å²) in [5.41, 5.74) is 0.414. The van der Waals surface area contributed by atoms with Crippen LogP contribution in [0.1, 0.15) is 10.4 Å². The number of nitrogens with one attached hydrogen (secondary N) is 1. The molecule has 8 heteroatoms. The highest BCUT2D eigenvalue weighted by Crippen LogP contribution is 2.20. The van der Waals surface area contributed by atoms with E-state index in [1.165, 1.54) is 29.8 Å². The van der Waals surface area contributed by atoms with E-state index in [2.05, 4.69) is 26.5 Å². The fourth-order valence-corrected chi connectivity index (χ4v) is 3.25. The molecule has 6 nitrogen and oxygen atoms in total. The Morgan fingerprint density at radius 3 is 2.85 bits per heavy atom. The second kappa shape index (κ2) is 6.00. The molecule has 0 amide bonds. The molecule has 0 radical (unpaired) electrons. The van der Waals surface area contributed by atoms with Crippen LogP contribution in [0.2, 0.25) is 0 Å². The fraction of sp³-hybridized carbons (Fsp3) is 0.167. The Labute approximate surface area is 120 Å². The van der Waals surface area contributed by atoms with Crippen molar-refractivity contribution in [3.8, 4) is 11.8 Å². The van der Waals surface area contributed by atoms with Crippen molar-refractivity contribution in [3.63, 3.8) is 0 Å². The van der Waals surface area contributed by atoms with E-state index in [1.807, 2.05) is 6.92 Å². The number of sulfonamides is 1. The predicted octanol–water partition coefficient (Wildman–Crippen LogP) is 0.991. The number of rotatable bonds is 3. The monoisotopic (exact) mass is 309 g/mol. The summed E-state index contributed by atoms with van der Waals surface area (Å²) >= 11 is 1.24. The van der Waals surface area contributed by atoms with Gasteiger partial charge in [0.15, 0.2) is 5.13 Å². The second-order valence-corrected chi connectivity index (χ2v) is 6.67. The molecule has 0 unspecified atom stereocenters. The molecule has 0 saturated carbocycles. The van der Waals surface area contributed by atoms with E-state index in [0.717, 1.165) is 4.88 Å². The van der Waals surface area contributed by atoms with E-state index >= 15 is 0 Å². The van der Waals surface area contributed by atoms with Crippen LogP contribution in [0.4, 0.5) is 5.13 Å². The fourth-order valence-electron chi connectivity index (χ4n) is 1.35. The molecule has 104 valence electrons. The molecular weight excluding hydrogens is 298 g/mol. The maximum absolute atomic E-state index is 12.2. The van der Waals surface area contributed by atoms with Gasteiger partial charge in [-0.25, -0.2) is 13.4 Å². The van der Waals surface area contributed by atoms with Crippen LogP contribution in [0.3, 0.4) is 0 Å². The number of hydrogen-bond acceptors (Lipinski definition) is 6. The van der Waals surface area contributed by atoms with Gasteiger partial charge in [0.05, 0.1) is 0 Å². The Bertz CT molecular complexity index is 772. The minimum Gasteiger partial charge on any atom is -0.384 e. The number of anilines is 1. The number of aryl methyl sites for hydroxylation is 1. The largest absolute Gasteiger partial charge is 0.384 e. The first kappa shape index (κ1) is 14.5. The number of hydrogen-bond donors (Lipinski definition) is 2. The molecule has 0 aromatic carbocycles. The van der Waals surface area contributed by atoms with Gasteiger partial charge in [-0.3, -0.25) is 9.71 Å². The first-order valence-electron chi connectivity index (χ1n) is 5.51. The Balaban J connectivity index is 2.29. The third-order valence-corrected chi connectivity index (χ3v) is 4.44. The molecule has 0 atom stereocenters. The number of pyridine rings is 1. The lowest BCUT2D eigenvalue weighted by Gasteiger charge is -2.04. The number of aliphatic hydroxyl groups excluding tert-OH is 1. The zero-order valence-electron chi connectivity index (χ0n) is 10.5. The summed E-state index contributed by atoms with van der Waals surface area (Å²) in [6.45, 7) is 1.54. The summed E-state index contributed by atoms with van der Waals surface area (Å²) in [5.74, 6) is 5.04. The van der Waals surface area contributed by atoms with Crippen molar-refractivity contribution >= 4 is 26.5 Å². The quantitative estimate of drug-likeness (QED) is 0.825. The lowest BCUT2D eigenvalue weighted by atomic mass is 10.3. The van der Waals surface area contributed by atoms with E-state index in [-0.39, 0.29) is 11.5 Å². The predicted molar refractivity (Wildman–Crippen MR) is 75.9 cm³/mol. The third kappa shape index (κ3) is 3.54. The maximum Gasteiger partial charge on any atom is 0.265 e. The molecule has 0 fully saturated rings.